The predicted molar refractivity (Wildman–Crippen MR) is 88.6 cm³/mol. The van der Waals surface area contributed by atoms with Gasteiger partial charge in [0.05, 0.1) is 6.54 Å². The first-order chi connectivity index (χ1) is 9.69. The SMILES string of the molecule is CNCC1CCN(CC(=O)N(C)Cc2ccccc2)C1.Cl. The van der Waals surface area contributed by atoms with Crippen molar-refractivity contribution in [2.24, 2.45) is 5.92 Å². The number of likely N-dealkylation sites (N-methyl/N-ethyl adjacent to an activating group) is 1. The number of rotatable bonds is 6. The van der Waals surface area contributed by atoms with Crippen LogP contribution in [0.2, 0.25) is 0 Å². The molecule has 1 atom stereocenters. The molecular weight excluding hydrogens is 286 g/mol. The largest absolute Gasteiger partial charge is 0.340 e. The first-order valence-electron chi connectivity index (χ1n) is 7.34. The van der Waals surface area contributed by atoms with Gasteiger partial charge in [-0.05, 0) is 38.0 Å². The van der Waals surface area contributed by atoms with Crippen molar-refractivity contribution in [2.45, 2.75) is 13.0 Å². The molecule has 1 amide bonds. The highest BCUT2D eigenvalue weighted by Crippen LogP contribution is 2.15. The number of carbonyl (C=O) groups excluding carboxylic acids is 1. The molecule has 1 aromatic rings. The van der Waals surface area contributed by atoms with Gasteiger partial charge in [-0.2, -0.15) is 0 Å². The maximum absolute atomic E-state index is 12.2. The second kappa shape index (κ2) is 9.03. The summed E-state index contributed by atoms with van der Waals surface area (Å²) in [5, 5.41) is 3.22. The van der Waals surface area contributed by atoms with Gasteiger partial charge in [0.2, 0.25) is 5.91 Å². The molecule has 2 rings (SSSR count). The van der Waals surface area contributed by atoms with E-state index in [-0.39, 0.29) is 18.3 Å². The molecule has 1 heterocycles. The maximum Gasteiger partial charge on any atom is 0.236 e. The summed E-state index contributed by atoms with van der Waals surface area (Å²) in [5.74, 6) is 0.895. The van der Waals surface area contributed by atoms with E-state index < -0.39 is 0 Å². The molecule has 1 aliphatic heterocycles. The molecule has 0 radical (unpaired) electrons. The summed E-state index contributed by atoms with van der Waals surface area (Å²) in [4.78, 5) is 16.3. The van der Waals surface area contributed by atoms with Crippen LogP contribution in [0.4, 0.5) is 0 Å². The van der Waals surface area contributed by atoms with Crippen molar-refractivity contribution < 1.29 is 4.79 Å². The lowest BCUT2D eigenvalue weighted by atomic mass is 10.1. The third kappa shape index (κ3) is 5.65. The highest BCUT2D eigenvalue weighted by Gasteiger charge is 2.24. The molecule has 1 aromatic carbocycles. The Kier molecular flexibility index (Phi) is 7.72. The molecule has 1 unspecified atom stereocenters. The third-order valence-corrected chi connectivity index (χ3v) is 3.91. The molecule has 21 heavy (non-hydrogen) atoms. The number of benzene rings is 1. The van der Waals surface area contributed by atoms with Gasteiger partial charge in [-0.15, -0.1) is 12.4 Å². The van der Waals surface area contributed by atoms with E-state index in [0.29, 0.717) is 19.0 Å². The number of hydrogen-bond donors (Lipinski definition) is 1. The van der Waals surface area contributed by atoms with E-state index in [1.165, 1.54) is 12.0 Å². The Bertz CT molecular complexity index is 427. The maximum atomic E-state index is 12.2. The molecule has 118 valence electrons. The summed E-state index contributed by atoms with van der Waals surface area (Å²) >= 11 is 0. The molecule has 0 aliphatic carbocycles. The van der Waals surface area contributed by atoms with Gasteiger partial charge in [0.25, 0.3) is 0 Å². The highest BCUT2D eigenvalue weighted by molar-refractivity contribution is 5.85. The average Bonchev–Trinajstić information content (AvgIpc) is 2.87. The summed E-state index contributed by atoms with van der Waals surface area (Å²) < 4.78 is 0. The predicted octanol–water partition coefficient (Wildman–Crippen LogP) is 1.61. The molecule has 1 aliphatic rings. The quantitative estimate of drug-likeness (QED) is 0.867. The fourth-order valence-electron chi connectivity index (χ4n) is 2.77. The molecular formula is C16H26ClN3O. The second-order valence-corrected chi connectivity index (χ2v) is 5.68. The molecule has 5 heteroatoms. The van der Waals surface area contributed by atoms with Crippen LogP contribution in [0.25, 0.3) is 0 Å². The van der Waals surface area contributed by atoms with E-state index >= 15 is 0 Å². The van der Waals surface area contributed by atoms with Gasteiger partial charge >= 0.3 is 0 Å². The Hall–Kier alpha value is -1.10. The number of halogens is 1. The first-order valence-corrected chi connectivity index (χ1v) is 7.34. The van der Waals surface area contributed by atoms with Gasteiger partial charge in [-0.1, -0.05) is 30.3 Å². The van der Waals surface area contributed by atoms with Crippen molar-refractivity contribution in [3.63, 3.8) is 0 Å². The standard InChI is InChI=1S/C16H25N3O.ClH/c1-17-10-15-8-9-19(12-15)13-16(20)18(2)11-14-6-4-3-5-7-14;/h3-7,15,17H,8-13H2,1-2H3;1H. The third-order valence-electron chi connectivity index (χ3n) is 3.91. The van der Waals surface area contributed by atoms with Gasteiger partial charge in [0.1, 0.15) is 0 Å². The van der Waals surface area contributed by atoms with Gasteiger partial charge in [0.15, 0.2) is 0 Å². The van der Waals surface area contributed by atoms with Crippen LogP contribution in [-0.4, -0.2) is 56.0 Å². The van der Waals surface area contributed by atoms with Crippen LogP contribution in [0, 0.1) is 5.92 Å². The summed E-state index contributed by atoms with van der Waals surface area (Å²) in [7, 11) is 3.87. The van der Waals surface area contributed by atoms with Crippen LogP contribution in [-0.2, 0) is 11.3 Å². The summed E-state index contributed by atoms with van der Waals surface area (Å²) in [5.41, 5.74) is 1.18. The zero-order valence-corrected chi connectivity index (χ0v) is 13.7. The molecule has 4 nitrogen and oxygen atoms in total. The van der Waals surface area contributed by atoms with Gasteiger partial charge in [-0.3, -0.25) is 9.69 Å². The van der Waals surface area contributed by atoms with Crippen LogP contribution < -0.4 is 5.32 Å². The summed E-state index contributed by atoms with van der Waals surface area (Å²) in [6, 6.07) is 10.1. The Morgan fingerprint density at radius 3 is 2.76 bits per heavy atom. The van der Waals surface area contributed by atoms with Crippen molar-refractivity contribution in [3.8, 4) is 0 Å². The van der Waals surface area contributed by atoms with Crippen LogP contribution >= 0.6 is 12.4 Å². The zero-order valence-electron chi connectivity index (χ0n) is 12.9. The number of hydrogen-bond acceptors (Lipinski definition) is 3. The second-order valence-electron chi connectivity index (χ2n) is 5.68. The van der Waals surface area contributed by atoms with Crippen molar-refractivity contribution in [1.29, 1.82) is 0 Å². The van der Waals surface area contributed by atoms with E-state index in [4.69, 9.17) is 0 Å². The molecule has 1 N–H and O–H groups in total. The van der Waals surface area contributed by atoms with Crippen LogP contribution in [0.1, 0.15) is 12.0 Å². The van der Waals surface area contributed by atoms with E-state index in [1.54, 1.807) is 0 Å². The van der Waals surface area contributed by atoms with E-state index in [2.05, 4.69) is 22.3 Å². The van der Waals surface area contributed by atoms with Gasteiger partial charge < -0.3 is 10.2 Å². The molecule has 0 spiro atoms. The summed E-state index contributed by atoms with van der Waals surface area (Å²) in [6.45, 7) is 4.35. The smallest absolute Gasteiger partial charge is 0.236 e. The van der Waals surface area contributed by atoms with Crippen molar-refractivity contribution >= 4 is 18.3 Å². The minimum absolute atomic E-state index is 0. The number of carbonyl (C=O) groups is 1. The number of amides is 1. The Morgan fingerprint density at radius 1 is 1.38 bits per heavy atom. The monoisotopic (exact) mass is 311 g/mol. The van der Waals surface area contributed by atoms with E-state index in [0.717, 1.165) is 19.6 Å². The molecule has 1 saturated heterocycles. The van der Waals surface area contributed by atoms with Crippen molar-refractivity contribution in [2.75, 3.05) is 40.3 Å². The minimum atomic E-state index is 0. The minimum Gasteiger partial charge on any atom is -0.340 e. The lowest BCUT2D eigenvalue weighted by Gasteiger charge is -2.21. The number of nitrogens with zero attached hydrogens (tertiary/aromatic N) is 2. The van der Waals surface area contributed by atoms with Crippen molar-refractivity contribution in [1.82, 2.24) is 15.1 Å². The normalized spacial score (nSPS) is 18.3. The number of likely N-dealkylation sites (tertiary alicyclic amines) is 1. The molecule has 1 fully saturated rings. The summed E-state index contributed by atoms with van der Waals surface area (Å²) in [6.07, 6.45) is 1.19. The van der Waals surface area contributed by atoms with Crippen LogP contribution in [0.15, 0.2) is 30.3 Å². The van der Waals surface area contributed by atoms with Gasteiger partial charge in [-0.25, -0.2) is 0 Å². The lowest BCUT2D eigenvalue weighted by Crippen LogP contribution is -2.37. The lowest BCUT2D eigenvalue weighted by molar-refractivity contribution is -0.131. The Balaban J connectivity index is 0.00000220. The first kappa shape index (κ1) is 18.0. The van der Waals surface area contributed by atoms with Crippen LogP contribution in [0.5, 0.6) is 0 Å². The number of nitrogens with one attached hydrogen (secondary N) is 1. The zero-order chi connectivity index (χ0) is 14.4. The van der Waals surface area contributed by atoms with E-state index in [1.807, 2.05) is 37.2 Å². The Morgan fingerprint density at radius 2 is 2.10 bits per heavy atom. The van der Waals surface area contributed by atoms with Crippen LogP contribution in [0.3, 0.4) is 0 Å². The topological polar surface area (TPSA) is 35.6 Å². The van der Waals surface area contributed by atoms with Crippen molar-refractivity contribution in [3.05, 3.63) is 35.9 Å². The molecule has 0 bridgehead atoms. The Labute approximate surface area is 133 Å². The molecule has 0 aromatic heterocycles. The molecule has 0 saturated carbocycles. The van der Waals surface area contributed by atoms with E-state index in [9.17, 15) is 4.79 Å². The fraction of sp³-hybridized carbons (Fsp3) is 0.562. The highest BCUT2D eigenvalue weighted by atomic mass is 35.5. The fourth-order valence-corrected chi connectivity index (χ4v) is 2.77. The average molecular weight is 312 g/mol. The van der Waals surface area contributed by atoms with Gasteiger partial charge in [0, 0.05) is 20.1 Å².